The number of anilines is 2. The number of thiazole rings is 1. The van der Waals surface area contributed by atoms with Crippen molar-refractivity contribution in [1.82, 2.24) is 4.98 Å². The molecule has 1 aromatic heterocycles. The molecule has 0 aliphatic heterocycles. The van der Waals surface area contributed by atoms with E-state index in [0.717, 1.165) is 40.4 Å². The Morgan fingerprint density at radius 3 is 2.72 bits per heavy atom. The lowest BCUT2D eigenvalue weighted by Gasteiger charge is -2.18. The number of nitrogens with zero attached hydrogens (tertiary/aromatic N) is 2. The molecule has 0 spiro atoms. The van der Waals surface area contributed by atoms with Gasteiger partial charge in [0.1, 0.15) is 11.6 Å². The summed E-state index contributed by atoms with van der Waals surface area (Å²) in [5.41, 5.74) is 2.81. The second kappa shape index (κ2) is 7.67. The molecule has 1 heterocycles. The van der Waals surface area contributed by atoms with Crippen LogP contribution >= 0.6 is 11.3 Å². The Hall–Kier alpha value is -3.19. The summed E-state index contributed by atoms with van der Waals surface area (Å²) in [6.45, 7) is 1.28. The smallest absolute Gasteiger partial charge is 0.230 e. The van der Waals surface area contributed by atoms with E-state index >= 15 is 0 Å². The molecule has 146 valence electrons. The van der Waals surface area contributed by atoms with E-state index < -0.39 is 17.5 Å². The Morgan fingerprint density at radius 2 is 1.97 bits per heavy atom. The maximum Gasteiger partial charge on any atom is 0.230 e. The zero-order valence-corrected chi connectivity index (χ0v) is 16.3. The van der Waals surface area contributed by atoms with E-state index in [1.165, 1.54) is 13.0 Å². The first kappa shape index (κ1) is 19.1. The van der Waals surface area contributed by atoms with Crippen LogP contribution in [-0.4, -0.2) is 16.7 Å². The molecular weight excluding hydrogens is 394 g/mol. The van der Waals surface area contributed by atoms with Crippen molar-refractivity contribution in [3.8, 4) is 0 Å². The number of hydrogen-bond acceptors (Lipinski definition) is 4. The van der Waals surface area contributed by atoms with E-state index in [9.17, 15) is 18.4 Å². The van der Waals surface area contributed by atoms with Crippen molar-refractivity contribution in [2.24, 2.45) is 0 Å². The third kappa shape index (κ3) is 3.73. The van der Waals surface area contributed by atoms with Crippen LogP contribution in [0, 0.1) is 11.6 Å². The highest BCUT2D eigenvalue weighted by Gasteiger charge is 2.23. The summed E-state index contributed by atoms with van der Waals surface area (Å²) in [5, 5.41) is 1.95. The molecule has 7 heteroatoms. The van der Waals surface area contributed by atoms with Crippen LogP contribution in [0.1, 0.15) is 35.0 Å². The van der Waals surface area contributed by atoms with Crippen LogP contribution < -0.4 is 4.90 Å². The molecular formula is C22H16F2N2O2S. The highest BCUT2D eigenvalue weighted by Crippen LogP contribution is 2.33. The minimum Gasteiger partial charge on any atom is -0.289 e. The Kier molecular flexibility index (Phi) is 5.07. The number of Topliss-reactive ketones (excluding diaryl/α,β-unsaturated/α-hetero) is 1. The molecule has 0 radical (unpaired) electrons. The van der Waals surface area contributed by atoms with Crippen LogP contribution in [0.25, 0.3) is 6.08 Å². The first-order chi connectivity index (χ1) is 13.9. The molecule has 3 aromatic rings. The zero-order chi connectivity index (χ0) is 20.5. The highest BCUT2D eigenvalue weighted by atomic mass is 32.1. The van der Waals surface area contributed by atoms with Crippen molar-refractivity contribution in [1.29, 1.82) is 0 Å². The van der Waals surface area contributed by atoms with Gasteiger partial charge in [0.15, 0.2) is 10.9 Å². The number of ketones is 1. The average Bonchev–Trinajstić information content (AvgIpc) is 3.14. The summed E-state index contributed by atoms with van der Waals surface area (Å²) < 4.78 is 27.4. The van der Waals surface area contributed by atoms with Crippen molar-refractivity contribution < 1.29 is 18.4 Å². The SMILES string of the molecule is CC(=O)N(c1nc(/C=C2/CCc3ccccc3C2=O)cs1)c1ccc(F)cc1F. The molecule has 29 heavy (non-hydrogen) atoms. The van der Waals surface area contributed by atoms with E-state index in [1.54, 1.807) is 11.5 Å². The number of benzene rings is 2. The lowest BCUT2D eigenvalue weighted by Crippen LogP contribution is -2.23. The van der Waals surface area contributed by atoms with Gasteiger partial charge in [-0.05, 0) is 36.6 Å². The summed E-state index contributed by atoms with van der Waals surface area (Å²) in [7, 11) is 0. The topological polar surface area (TPSA) is 50.3 Å². The number of rotatable bonds is 3. The molecule has 0 fully saturated rings. The van der Waals surface area contributed by atoms with Gasteiger partial charge in [-0.15, -0.1) is 11.3 Å². The van der Waals surface area contributed by atoms with Crippen molar-refractivity contribution in [2.75, 3.05) is 4.90 Å². The predicted molar refractivity (Wildman–Crippen MR) is 108 cm³/mol. The number of amides is 1. The summed E-state index contributed by atoms with van der Waals surface area (Å²) in [4.78, 5) is 30.3. The molecule has 4 rings (SSSR count). The lowest BCUT2D eigenvalue weighted by atomic mass is 9.86. The molecule has 0 saturated carbocycles. The van der Waals surface area contributed by atoms with Gasteiger partial charge in [0.25, 0.3) is 0 Å². The van der Waals surface area contributed by atoms with Gasteiger partial charge in [0, 0.05) is 29.5 Å². The Labute approximate surface area is 170 Å². The quantitative estimate of drug-likeness (QED) is 0.549. The van der Waals surface area contributed by atoms with Crippen molar-refractivity contribution in [2.45, 2.75) is 19.8 Å². The number of carbonyl (C=O) groups is 2. The van der Waals surface area contributed by atoms with Crippen LogP contribution in [0.5, 0.6) is 0 Å². The molecule has 0 unspecified atom stereocenters. The van der Waals surface area contributed by atoms with Crippen LogP contribution in [0.4, 0.5) is 19.6 Å². The van der Waals surface area contributed by atoms with Gasteiger partial charge < -0.3 is 0 Å². The number of aromatic nitrogens is 1. The number of hydrogen-bond donors (Lipinski definition) is 0. The monoisotopic (exact) mass is 410 g/mol. The van der Waals surface area contributed by atoms with Crippen LogP contribution in [0.15, 0.2) is 53.4 Å². The number of carbonyl (C=O) groups excluding carboxylic acids is 2. The standard InChI is InChI=1S/C22H16F2N2O2S/c1-13(27)26(20-9-8-16(23)11-19(20)24)22-25-17(12-29-22)10-15-7-6-14-4-2-3-5-18(14)21(15)28/h2-5,8-12H,6-7H2,1H3/b15-10-. The predicted octanol–water partition coefficient (Wildman–Crippen LogP) is 5.32. The van der Waals surface area contributed by atoms with Crippen LogP contribution in [-0.2, 0) is 11.2 Å². The molecule has 0 N–H and O–H groups in total. The van der Waals surface area contributed by atoms with Gasteiger partial charge in [-0.2, -0.15) is 0 Å². The molecule has 0 saturated heterocycles. The Bertz CT molecular complexity index is 1150. The second-order valence-electron chi connectivity index (χ2n) is 6.66. The van der Waals surface area contributed by atoms with Gasteiger partial charge in [-0.25, -0.2) is 13.8 Å². The molecule has 1 aliphatic rings. The maximum atomic E-state index is 14.2. The highest BCUT2D eigenvalue weighted by molar-refractivity contribution is 7.14. The van der Waals surface area contributed by atoms with E-state index in [1.807, 2.05) is 24.3 Å². The maximum absolute atomic E-state index is 14.2. The normalized spacial score (nSPS) is 14.7. The van der Waals surface area contributed by atoms with Gasteiger partial charge in [-0.3, -0.25) is 14.5 Å². The molecule has 1 aliphatic carbocycles. The summed E-state index contributed by atoms with van der Waals surface area (Å²) in [6, 6.07) is 10.5. The molecule has 1 amide bonds. The summed E-state index contributed by atoms with van der Waals surface area (Å²) >= 11 is 1.15. The molecule has 0 atom stereocenters. The average molecular weight is 410 g/mol. The lowest BCUT2D eigenvalue weighted by molar-refractivity contribution is -0.115. The minimum absolute atomic E-state index is 0.0330. The molecule has 4 nitrogen and oxygen atoms in total. The zero-order valence-electron chi connectivity index (χ0n) is 15.5. The van der Waals surface area contributed by atoms with E-state index in [-0.39, 0.29) is 16.6 Å². The summed E-state index contributed by atoms with van der Waals surface area (Å²) in [5.74, 6) is -2.06. The van der Waals surface area contributed by atoms with Crippen molar-refractivity contribution >= 4 is 39.9 Å². The van der Waals surface area contributed by atoms with Gasteiger partial charge >= 0.3 is 0 Å². The number of halogens is 2. The summed E-state index contributed by atoms with van der Waals surface area (Å²) in [6.07, 6.45) is 3.08. The first-order valence-corrected chi connectivity index (χ1v) is 9.86. The van der Waals surface area contributed by atoms with E-state index in [0.29, 0.717) is 23.3 Å². The fourth-order valence-electron chi connectivity index (χ4n) is 3.35. The number of aryl methyl sites for hydroxylation is 1. The Morgan fingerprint density at radius 1 is 1.17 bits per heavy atom. The number of fused-ring (bicyclic) bond motifs is 1. The van der Waals surface area contributed by atoms with E-state index in [2.05, 4.69) is 4.98 Å². The second-order valence-corrected chi connectivity index (χ2v) is 7.50. The van der Waals surface area contributed by atoms with Crippen LogP contribution in [0.2, 0.25) is 0 Å². The van der Waals surface area contributed by atoms with Crippen molar-refractivity contribution in [3.05, 3.63) is 81.9 Å². The third-order valence-electron chi connectivity index (χ3n) is 4.71. The van der Waals surface area contributed by atoms with Crippen LogP contribution in [0.3, 0.4) is 0 Å². The van der Waals surface area contributed by atoms with E-state index in [4.69, 9.17) is 0 Å². The fraction of sp³-hybridized carbons (Fsp3) is 0.136. The first-order valence-electron chi connectivity index (χ1n) is 8.98. The van der Waals surface area contributed by atoms with Gasteiger partial charge in [-0.1, -0.05) is 24.3 Å². The largest absolute Gasteiger partial charge is 0.289 e. The van der Waals surface area contributed by atoms with Gasteiger partial charge in [0.2, 0.25) is 5.91 Å². The van der Waals surface area contributed by atoms with Crippen molar-refractivity contribution in [3.63, 3.8) is 0 Å². The Balaban J connectivity index is 1.66. The molecule has 2 aromatic carbocycles. The van der Waals surface area contributed by atoms with Gasteiger partial charge in [0.05, 0.1) is 11.4 Å². The molecule has 0 bridgehead atoms. The third-order valence-corrected chi connectivity index (χ3v) is 5.55. The minimum atomic E-state index is -0.852. The fourth-order valence-corrected chi connectivity index (χ4v) is 4.18. The number of allylic oxidation sites excluding steroid dienone is 1.